The number of rotatable bonds is 3. The highest BCUT2D eigenvalue weighted by molar-refractivity contribution is 5.79. The highest BCUT2D eigenvalue weighted by atomic mass is 19.3. The molecular weight excluding hydrogens is 240 g/mol. The second-order valence-electron chi connectivity index (χ2n) is 5.32. The third kappa shape index (κ3) is 3.38. The molecule has 2 fully saturated rings. The molecule has 2 saturated heterocycles. The van der Waals surface area contributed by atoms with Crippen molar-refractivity contribution in [1.82, 2.24) is 15.1 Å². The molecule has 2 heterocycles. The second-order valence-corrected chi connectivity index (χ2v) is 5.32. The quantitative estimate of drug-likeness (QED) is 0.798. The van der Waals surface area contributed by atoms with Gasteiger partial charge in [-0.1, -0.05) is 6.92 Å². The van der Waals surface area contributed by atoms with Crippen molar-refractivity contribution in [1.29, 1.82) is 0 Å². The maximum atomic E-state index is 13.1. The predicted molar refractivity (Wildman–Crippen MR) is 64.6 cm³/mol. The first-order valence-electron chi connectivity index (χ1n) is 6.58. The number of hydrogen-bond donors (Lipinski definition) is 1. The van der Waals surface area contributed by atoms with Gasteiger partial charge in [0.05, 0.1) is 6.54 Å². The number of amides is 1. The van der Waals surface area contributed by atoms with E-state index in [1.807, 2.05) is 6.92 Å². The second kappa shape index (κ2) is 5.48. The minimum absolute atomic E-state index is 0.134. The Bertz CT molecular complexity index is 306. The monoisotopic (exact) mass is 261 g/mol. The number of hydrogen-bond acceptors (Lipinski definition) is 3. The lowest BCUT2D eigenvalue weighted by atomic mass is 10.1. The predicted octanol–water partition coefficient (Wildman–Crippen LogP) is 0.395. The normalized spacial score (nSPS) is 26.3. The van der Waals surface area contributed by atoms with E-state index in [1.54, 1.807) is 0 Å². The summed E-state index contributed by atoms with van der Waals surface area (Å²) in [6.45, 7) is 6.01. The molecule has 1 amide bonds. The van der Waals surface area contributed by atoms with Gasteiger partial charge >= 0.3 is 0 Å². The van der Waals surface area contributed by atoms with Crippen molar-refractivity contribution in [2.75, 3.05) is 45.8 Å². The van der Waals surface area contributed by atoms with Gasteiger partial charge in [-0.3, -0.25) is 4.79 Å². The van der Waals surface area contributed by atoms with E-state index in [0.717, 1.165) is 26.2 Å². The number of likely N-dealkylation sites (tertiary alicyclic amines) is 1. The highest BCUT2D eigenvalue weighted by Crippen LogP contribution is 2.27. The average molecular weight is 261 g/mol. The molecule has 0 aliphatic carbocycles. The largest absolute Gasteiger partial charge is 0.336 e. The summed E-state index contributed by atoms with van der Waals surface area (Å²) in [5.74, 6) is -3.02. The minimum Gasteiger partial charge on any atom is -0.336 e. The summed E-state index contributed by atoms with van der Waals surface area (Å²) in [4.78, 5) is 15.6. The summed E-state index contributed by atoms with van der Waals surface area (Å²) in [5, 5.41) is 3.25. The van der Waals surface area contributed by atoms with Crippen molar-refractivity contribution in [3.8, 4) is 0 Å². The Morgan fingerprint density at radius 3 is 2.56 bits per heavy atom. The van der Waals surface area contributed by atoms with Crippen molar-refractivity contribution in [2.45, 2.75) is 19.3 Å². The van der Waals surface area contributed by atoms with E-state index >= 15 is 0 Å². The first-order chi connectivity index (χ1) is 8.48. The first-order valence-corrected chi connectivity index (χ1v) is 6.58. The fraction of sp³-hybridized carbons (Fsp3) is 0.917. The van der Waals surface area contributed by atoms with Crippen LogP contribution in [0.4, 0.5) is 8.78 Å². The van der Waals surface area contributed by atoms with Gasteiger partial charge < -0.3 is 15.1 Å². The van der Waals surface area contributed by atoms with Crippen LogP contribution in [0.2, 0.25) is 0 Å². The van der Waals surface area contributed by atoms with Crippen LogP contribution < -0.4 is 5.32 Å². The molecule has 18 heavy (non-hydrogen) atoms. The molecule has 0 aromatic carbocycles. The van der Waals surface area contributed by atoms with Crippen molar-refractivity contribution in [2.24, 2.45) is 5.92 Å². The van der Waals surface area contributed by atoms with Crippen LogP contribution in [0, 0.1) is 5.92 Å². The Kier molecular flexibility index (Phi) is 4.17. The summed E-state index contributed by atoms with van der Waals surface area (Å²) >= 11 is 0. The van der Waals surface area contributed by atoms with Gasteiger partial charge in [-0.05, 0) is 0 Å². The maximum absolute atomic E-state index is 13.1. The van der Waals surface area contributed by atoms with Crippen LogP contribution in [-0.2, 0) is 4.79 Å². The van der Waals surface area contributed by atoms with Crippen LogP contribution >= 0.6 is 0 Å². The standard InChI is InChI=1S/C12H21F2N3O/c1-10(8-16-6-3-15-4-7-16)11(18)17-5-2-12(13,14)9-17/h10,15H,2-9H2,1H3. The van der Waals surface area contributed by atoms with E-state index in [2.05, 4.69) is 10.2 Å². The first kappa shape index (κ1) is 13.7. The fourth-order valence-electron chi connectivity index (χ4n) is 2.59. The topological polar surface area (TPSA) is 35.6 Å². The lowest BCUT2D eigenvalue weighted by Crippen LogP contribution is -2.47. The van der Waals surface area contributed by atoms with Crippen LogP contribution in [-0.4, -0.2) is 67.4 Å². The van der Waals surface area contributed by atoms with E-state index in [4.69, 9.17) is 0 Å². The van der Waals surface area contributed by atoms with Crippen LogP contribution in [0.25, 0.3) is 0 Å². The van der Waals surface area contributed by atoms with Gasteiger partial charge in [0.1, 0.15) is 0 Å². The van der Waals surface area contributed by atoms with Gasteiger partial charge in [0.15, 0.2) is 0 Å². The zero-order chi connectivity index (χ0) is 13.2. The molecule has 0 radical (unpaired) electrons. The number of piperazine rings is 1. The van der Waals surface area contributed by atoms with Crippen molar-refractivity contribution in [3.63, 3.8) is 0 Å². The summed E-state index contributed by atoms with van der Waals surface area (Å²) in [6, 6.07) is 0. The Morgan fingerprint density at radius 1 is 1.33 bits per heavy atom. The van der Waals surface area contributed by atoms with Gasteiger partial charge in [-0.2, -0.15) is 0 Å². The third-order valence-electron chi connectivity index (χ3n) is 3.64. The Balaban J connectivity index is 1.81. The Hall–Kier alpha value is -0.750. The molecule has 2 rings (SSSR count). The maximum Gasteiger partial charge on any atom is 0.267 e. The van der Waals surface area contributed by atoms with Gasteiger partial charge in [0.2, 0.25) is 5.91 Å². The molecule has 6 heteroatoms. The van der Waals surface area contributed by atoms with Crippen LogP contribution in [0.1, 0.15) is 13.3 Å². The SMILES string of the molecule is CC(CN1CCNCC1)C(=O)N1CCC(F)(F)C1. The van der Waals surface area contributed by atoms with E-state index in [0.29, 0.717) is 6.54 Å². The number of alkyl halides is 2. The molecule has 0 saturated carbocycles. The molecule has 0 aromatic rings. The van der Waals surface area contributed by atoms with Crippen molar-refractivity contribution >= 4 is 5.91 Å². The van der Waals surface area contributed by atoms with Gasteiger partial charge in [-0.25, -0.2) is 8.78 Å². The highest BCUT2D eigenvalue weighted by Gasteiger charge is 2.41. The van der Waals surface area contributed by atoms with Crippen LogP contribution in [0.3, 0.4) is 0 Å². The molecule has 0 aromatic heterocycles. The van der Waals surface area contributed by atoms with E-state index in [-0.39, 0.29) is 24.8 Å². The van der Waals surface area contributed by atoms with Crippen LogP contribution in [0.15, 0.2) is 0 Å². The summed E-state index contributed by atoms with van der Waals surface area (Å²) in [5.41, 5.74) is 0. The third-order valence-corrected chi connectivity index (χ3v) is 3.64. The van der Waals surface area contributed by atoms with Crippen molar-refractivity contribution < 1.29 is 13.6 Å². The molecular formula is C12H21F2N3O. The molecule has 1 N–H and O–H groups in total. The number of carbonyl (C=O) groups excluding carboxylic acids is 1. The zero-order valence-corrected chi connectivity index (χ0v) is 10.8. The molecule has 104 valence electrons. The molecule has 4 nitrogen and oxygen atoms in total. The summed E-state index contributed by atoms with van der Waals surface area (Å²) in [7, 11) is 0. The van der Waals surface area contributed by atoms with E-state index in [9.17, 15) is 13.6 Å². The number of nitrogens with zero attached hydrogens (tertiary/aromatic N) is 2. The summed E-state index contributed by atoms with van der Waals surface area (Å²) < 4.78 is 26.1. The molecule has 2 aliphatic heterocycles. The minimum atomic E-state index is -2.69. The smallest absolute Gasteiger partial charge is 0.267 e. The molecule has 2 aliphatic rings. The summed E-state index contributed by atoms with van der Waals surface area (Å²) in [6.07, 6.45) is -0.195. The zero-order valence-electron chi connectivity index (χ0n) is 10.8. The lowest BCUT2D eigenvalue weighted by molar-refractivity contribution is -0.136. The number of carbonyl (C=O) groups is 1. The Morgan fingerprint density at radius 2 is 2.00 bits per heavy atom. The number of halogens is 2. The van der Waals surface area contributed by atoms with Gasteiger partial charge in [0, 0.05) is 51.6 Å². The molecule has 1 unspecified atom stereocenters. The number of nitrogens with one attached hydrogen (secondary N) is 1. The van der Waals surface area contributed by atoms with Crippen LogP contribution in [0.5, 0.6) is 0 Å². The molecule has 1 atom stereocenters. The Labute approximate surface area is 106 Å². The van der Waals surface area contributed by atoms with Gasteiger partial charge in [-0.15, -0.1) is 0 Å². The van der Waals surface area contributed by atoms with Crippen molar-refractivity contribution in [3.05, 3.63) is 0 Å². The average Bonchev–Trinajstić information content (AvgIpc) is 2.70. The fourth-order valence-corrected chi connectivity index (χ4v) is 2.59. The van der Waals surface area contributed by atoms with Gasteiger partial charge in [0.25, 0.3) is 5.92 Å². The van der Waals surface area contributed by atoms with E-state index in [1.165, 1.54) is 4.90 Å². The molecule has 0 spiro atoms. The van der Waals surface area contributed by atoms with E-state index < -0.39 is 12.5 Å². The lowest BCUT2D eigenvalue weighted by Gasteiger charge is -2.30. The molecule has 0 bridgehead atoms.